The summed E-state index contributed by atoms with van der Waals surface area (Å²) in [6.45, 7) is 2.71. The van der Waals surface area contributed by atoms with Crippen LogP contribution in [0, 0.1) is 36.3 Å². The first kappa shape index (κ1) is 28.1. The van der Waals surface area contributed by atoms with Crippen LogP contribution in [0.3, 0.4) is 0 Å². The zero-order valence-electron chi connectivity index (χ0n) is 24.6. The first-order chi connectivity index (χ1) is 21.9. The van der Waals surface area contributed by atoms with Crippen molar-refractivity contribution in [2.45, 2.75) is 55.9 Å². The second kappa shape index (κ2) is 10.6. The van der Waals surface area contributed by atoms with Crippen LogP contribution in [0.15, 0.2) is 30.3 Å². The first-order valence-electron chi connectivity index (χ1n) is 15.5. The summed E-state index contributed by atoms with van der Waals surface area (Å²) < 4.78 is 52.5. The Bertz CT molecular complexity index is 1940. The molecule has 0 spiro atoms. The third-order valence-corrected chi connectivity index (χ3v) is 10.0. The highest BCUT2D eigenvalue weighted by atomic mass is 19.1. The lowest BCUT2D eigenvalue weighted by molar-refractivity contribution is 0.107. The van der Waals surface area contributed by atoms with Crippen LogP contribution in [0.1, 0.15) is 43.4 Å². The molecule has 4 aliphatic rings. The molecule has 4 aliphatic heterocycles. The van der Waals surface area contributed by atoms with E-state index in [0.717, 1.165) is 32.2 Å². The van der Waals surface area contributed by atoms with Gasteiger partial charge in [0.05, 0.1) is 16.5 Å². The standard InChI is InChI=1S/C35H31F3N6O/c1-3-24-26(37)12-9-20-7-5-8-25(28(20)24)31-30(38)32-29(27(4-2)40-31)33(43-17-22-10-11-23(18-43)39-22)42-34(41-32)45-19-35-13-6-14-44(35)16-21(36)15-35/h1-2,5,7-9,12,21-23,39H,6,10-11,13-19H2/t21-,22?,23?,35+/m1/s1. The molecule has 7 nitrogen and oxygen atoms in total. The highest BCUT2D eigenvalue weighted by Gasteiger charge is 2.49. The van der Waals surface area contributed by atoms with E-state index in [1.165, 1.54) is 6.07 Å². The number of alkyl halides is 1. The number of anilines is 1. The van der Waals surface area contributed by atoms with Crippen molar-refractivity contribution in [3.8, 4) is 42.0 Å². The van der Waals surface area contributed by atoms with Crippen molar-refractivity contribution < 1.29 is 17.9 Å². The molecular weight excluding hydrogens is 577 g/mol. The Kier molecular flexibility index (Phi) is 6.63. The Morgan fingerprint density at radius 2 is 1.82 bits per heavy atom. The van der Waals surface area contributed by atoms with Crippen molar-refractivity contribution in [1.82, 2.24) is 25.2 Å². The molecule has 2 bridgehead atoms. The molecule has 0 radical (unpaired) electrons. The van der Waals surface area contributed by atoms with E-state index in [9.17, 15) is 8.78 Å². The minimum absolute atomic E-state index is 0.000729. The number of hydrogen-bond acceptors (Lipinski definition) is 7. The fourth-order valence-corrected chi connectivity index (χ4v) is 8.02. The van der Waals surface area contributed by atoms with E-state index >= 15 is 4.39 Å². The first-order valence-corrected chi connectivity index (χ1v) is 15.5. The predicted octanol–water partition coefficient (Wildman–Crippen LogP) is 4.98. The number of fused-ring (bicyclic) bond motifs is 5. The van der Waals surface area contributed by atoms with Crippen molar-refractivity contribution in [3.05, 3.63) is 53.2 Å². The van der Waals surface area contributed by atoms with Crippen molar-refractivity contribution in [2.75, 3.05) is 37.7 Å². The number of rotatable bonds is 5. The number of terminal acetylenes is 2. The number of pyridine rings is 1. The van der Waals surface area contributed by atoms with Crippen LogP contribution in [0.2, 0.25) is 0 Å². The third-order valence-electron chi connectivity index (χ3n) is 10.0. The fraction of sp³-hybridized carbons (Fsp3) is 0.400. The Hall–Kier alpha value is -4.38. The average Bonchev–Trinajstić information content (AvgIpc) is 3.70. The summed E-state index contributed by atoms with van der Waals surface area (Å²) in [4.78, 5) is 18.3. The smallest absolute Gasteiger partial charge is 0.319 e. The van der Waals surface area contributed by atoms with Crippen molar-refractivity contribution in [1.29, 1.82) is 0 Å². The summed E-state index contributed by atoms with van der Waals surface area (Å²) in [6.07, 6.45) is 15.1. The molecule has 45 heavy (non-hydrogen) atoms. The molecule has 1 N–H and O–H groups in total. The van der Waals surface area contributed by atoms with Gasteiger partial charge < -0.3 is 15.0 Å². The maximum Gasteiger partial charge on any atom is 0.319 e. The monoisotopic (exact) mass is 608 g/mol. The largest absolute Gasteiger partial charge is 0.461 e. The van der Waals surface area contributed by atoms with Crippen LogP contribution in [-0.4, -0.2) is 76.4 Å². The SMILES string of the molecule is C#Cc1c(F)ccc2cccc(-c3nc(C#C)c4c(N5CC6CCC(C5)N6)nc(OC[C@@]56CCCN5C[C@H](F)C6)nc4c3F)c12. The number of benzene rings is 2. The molecule has 2 unspecified atom stereocenters. The lowest BCUT2D eigenvalue weighted by Gasteiger charge is -2.34. The zero-order chi connectivity index (χ0) is 30.9. The summed E-state index contributed by atoms with van der Waals surface area (Å²) in [5.41, 5.74) is -0.0732. The molecule has 4 atom stereocenters. The van der Waals surface area contributed by atoms with Crippen LogP contribution in [-0.2, 0) is 0 Å². The molecule has 10 heteroatoms. The fourth-order valence-electron chi connectivity index (χ4n) is 8.02. The Morgan fingerprint density at radius 3 is 2.60 bits per heavy atom. The van der Waals surface area contributed by atoms with Crippen LogP contribution in [0.5, 0.6) is 6.01 Å². The van der Waals surface area contributed by atoms with Gasteiger partial charge in [0.25, 0.3) is 0 Å². The number of halogens is 3. The quantitative estimate of drug-likeness (QED) is 0.321. The van der Waals surface area contributed by atoms with Gasteiger partial charge in [-0.1, -0.05) is 30.2 Å². The van der Waals surface area contributed by atoms with E-state index in [4.69, 9.17) is 22.6 Å². The van der Waals surface area contributed by atoms with Gasteiger partial charge >= 0.3 is 6.01 Å². The predicted molar refractivity (Wildman–Crippen MR) is 167 cm³/mol. The highest BCUT2D eigenvalue weighted by molar-refractivity contribution is 6.03. The molecule has 0 amide bonds. The third kappa shape index (κ3) is 4.50. The average molecular weight is 609 g/mol. The molecule has 6 heterocycles. The van der Waals surface area contributed by atoms with Crippen LogP contribution < -0.4 is 15.0 Å². The second-order valence-corrected chi connectivity index (χ2v) is 12.7. The Morgan fingerprint density at radius 1 is 1.00 bits per heavy atom. The maximum absolute atomic E-state index is 16.9. The number of ether oxygens (including phenoxy) is 1. The highest BCUT2D eigenvalue weighted by Crippen LogP contribution is 2.42. The molecule has 2 aromatic carbocycles. The molecule has 228 valence electrons. The summed E-state index contributed by atoms with van der Waals surface area (Å²) in [7, 11) is 0. The van der Waals surface area contributed by atoms with E-state index in [-0.39, 0.29) is 47.2 Å². The molecule has 0 aliphatic carbocycles. The molecule has 8 rings (SSSR count). The van der Waals surface area contributed by atoms with E-state index in [1.807, 2.05) is 0 Å². The normalized spacial score (nSPS) is 25.9. The lowest BCUT2D eigenvalue weighted by atomic mass is 9.95. The van der Waals surface area contributed by atoms with Gasteiger partial charge in [-0.15, -0.1) is 12.8 Å². The van der Waals surface area contributed by atoms with Gasteiger partial charge in [0.1, 0.15) is 41.3 Å². The van der Waals surface area contributed by atoms with Crippen LogP contribution in [0.4, 0.5) is 19.0 Å². The van der Waals surface area contributed by atoms with Gasteiger partial charge in [-0.05, 0) is 49.6 Å². The lowest BCUT2D eigenvalue weighted by Crippen LogP contribution is -2.51. The number of aromatic nitrogens is 3. The summed E-state index contributed by atoms with van der Waals surface area (Å²) >= 11 is 0. The van der Waals surface area contributed by atoms with Gasteiger partial charge in [-0.25, -0.2) is 18.2 Å². The Balaban J connectivity index is 1.32. The molecule has 4 fully saturated rings. The number of nitrogens with one attached hydrogen (secondary N) is 1. The Labute approximate surface area is 259 Å². The molecule has 4 saturated heterocycles. The minimum atomic E-state index is -0.916. The van der Waals surface area contributed by atoms with E-state index < -0.39 is 23.3 Å². The number of hydrogen-bond donors (Lipinski definition) is 1. The molecule has 4 aromatic rings. The van der Waals surface area contributed by atoms with Crippen LogP contribution >= 0.6 is 0 Å². The summed E-state index contributed by atoms with van der Waals surface area (Å²) in [5, 5.41) is 4.93. The van der Waals surface area contributed by atoms with Gasteiger partial charge in [0, 0.05) is 49.1 Å². The topological polar surface area (TPSA) is 66.4 Å². The van der Waals surface area contributed by atoms with Gasteiger partial charge in [-0.3, -0.25) is 4.90 Å². The van der Waals surface area contributed by atoms with Crippen molar-refractivity contribution in [3.63, 3.8) is 0 Å². The number of piperazine rings is 1. The molecular formula is C35H31F3N6O. The van der Waals surface area contributed by atoms with Gasteiger partial charge in [0.2, 0.25) is 0 Å². The number of nitrogens with zero attached hydrogens (tertiary/aromatic N) is 5. The van der Waals surface area contributed by atoms with Gasteiger partial charge in [-0.2, -0.15) is 9.97 Å². The van der Waals surface area contributed by atoms with Crippen LogP contribution in [0.25, 0.3) is 32.9 Å². The summed E-state index contributed by atoms with van der Waals surface area (Å²) in [6, 6.07) is 8.59. The maximum atomic E-state index is 16.9. The zero-order valence-corrected chi connectivity index (χ0v) is 24.6. The van der Waals surface area contributed by atoms with Gasteiger partial charge in [0.15, 0.2) is 5.82 Å². The summed E-state index contributed by atoms with van der Waals surface area (Å²) in [5.74, 6) is 4.19. The molecule has 0 saturated carbocycles. The van der Waals surface area contributed by atoms with E-state index in [2.05, 4.69) is 36.9 Å². The molecule has 2 aromatic heterocycles. The second-order valence-electron chi connectivity index (χ2n) is 12.7. The minimum Gasteiger partial charge on any atom is -0.461 e. The van der Waals surface area contributed by atoms with Crippen molar-refractivity contribution >= 4 is 27.5 Å². The van der Waals surface area contributed by atoms with Crippen molar-refractivity contribution in [2.24, 2.45) is 0 Å². The van der Waals surface area contributed by atoms with E-state index in [0.29, 0.717) is 53.6 Å². The van der Waals surface area contributed by atoms with E-state index in [1.54, 1.807) is 24.3 Å².